The number of nitriles is 1. The van der Waals surface area contributed by atoms with Crippen molar-refractivity contribution in [1.29, 1.82) is 5.26 Å². The van der Waals surface area contributed by atoms with Gasteiger partial charge in [-0.05, 0) is 31.5 Å². The van der Waals surface area contributed by atoms with Gasteiger partial charge in [0.25, 0.3) is 0 Å². The zero-order valence-electron chi connectivity index (χ0n) is 9.45. The zero-order valence-corrected chi connectivity index (χ0v) is 9.45. The molecule has 84 valence electrons. The van der Waals surface area contributed by atoms with Crippen molar-refractivity contribution in [3.63, 3.8) is 0 Å². The fourth-order valence-corrected chi connectivity index (χ4v) is 1.16. The fraction of sp³-hybridized carbons (Fsp3) is 0.333. The minimum Gasteiger partial charge on any atom is -0.335 e. The van der Waals surface area contributed by atoms with Crippen LogP contribution in [-0.4, -0.2) is 12.1 Å². The smallest absolute Gasteiger partial charge is 0.319 e. The van der Waals surface area contributed by atoms with E-state index in [4.69, 9.17) is 5.26 Å². The molecule has 0 spiro atoms. The second-order valence-corrected chi connectivity index (χ2v) is 3.60. The maximum absolute atomic E-state index is 11.5. The Hall–Kier alpha value is -2.02. The number of nitrogens with one attached hydrogen (secondary N) is 2. The zero-order chi connectivity index (χ0) is 12.0. The van der Waals surface area contributed by atoms with Gasteiger partial charge in [0.1, 0.15) is 0 Å². The summed E-state index contributed by atoms with van der Waals surface area (Å²) in [4.78, 5) is 11.5. The molecule has 0 aromatic heterocycles. The highest BCUT2D eigenvalue weighted by Crippen LogP contribution is 2.09. The molecular weight excluding hydrogens is 202 g/mol. The summed E-state index contributed by atoms with van der Waals surface area (Å²) in [5.74, 6) is 0. The Labute approximate surface area is 95.3 Å². The summed E-state index contributed by atoms with van der Waals surface area (Å²) >= 11 is 0. The second kappa shape index (κ2) is 5.76. The molecule has 1 aromatic rings. The average Bonchev–Trinajstić information content (AvgIpc) is 2.28. The minimum atomic E-state index is -0.246. The van der Waals surface area contributed by atoms with Crippen LogP contribution < -0.4 is 10.6 Å². The summed E-state index contributed by atoms with van der Waals surface area (Å²) in [7, 11) is 0. The van der Waals surface area contributed by atoms with Gasteiger partial charge in [-0.1, -0.05) is 13.0 Å². The third kappa shape index (κ3) is 3.62. The number of nitrogens with zero attached hydrogens (tertiary/aromatic N) is 1. The van der Waals surface area contributed by atoms with E-state index in [2.05, 4.69) is 10.6 Å². The van der Waals surface area contributed by atoms with Crippen LogP contribution in [0.2, 0.25) is 0 Å². The molecular formula is C12H15N3O. The average molecular weight is 217 g/mol. The summed E-state index contributed by atoms with van der Waals surface area (Å²) in [5.41, 5.74) is 1.15. The van der Waals surface area contributed by atoms with Gasteiger partial charge in [-0.2, -0.15) is 5.26 Å². The summed E-state index contributed by atoms with van der Waals surface area (Å²) in [5, 5.41) is 14.2. The van der Waals surface area contributed by atoms with Crippen molar-refractivity contribution in [3.8, 4) is 6.07 Å². The van der Waals surface area contributed by atoms with E-state index in [9.17, 15) is 4.79 Å². The van der Waals surface area contributed by atoms with Crippen molar-refractivity contribution in [2.45, 2.75) is 26.3 Å². The summed E-state index contributed by atoms with van der Waals surface area (Å²) in [6.07, 6.45) is 0.881. The van der Waals surface area contributed by atoms with Crippen molar-refractivity contribution in [3.05, 3.63) is 29.8 Å². The third-order valence-electron chi connectivity index (χ3n) is 2.24. The van der Waals surface area contributed by atoms with Crippen molar-refractivity contribution in [2.24, 2.45) is 0 Å². The molecule has 16 heavy (non-hydrogen) atoms. The molecule has 4 heteroatoms. The van der Waals surface area contributed by atoms with Gasteiger partial charge < -0.3 is 10.6 Å². The highest BCUT2D eigenvalue weighted by Gasteiger charge is 2.05. The number of hydrogen-bond donors (Lipinski definition) is 2. The molecule has 1 aromatic carbocycles. The first-order valence-electron chi connectivity index (χ1n) is 5.23. The number of amides is 2. The maximum Gasteiger partial charge on any atom is 0.319 e. The Kier molecular flexibility index (Phi) is 4.34. The lowest BCUT2D eigenvalue weighted by Crippen LogP contribution is -2.35. The molecule has 2 N–H and O–H groups in total. The molecule has 0 fully saturated rings. The quantitative estimate of drug-likeness (QED) is 0.816. The molecule has 0 unspecified atom stereocenters. The van der Waals surface area contributed by atoms with E-state index < -0.39 is 0 Å². The van der Waals surface area contributed by atoms with Crippen LogP contribution in [0.4, 0.5) is 10.5 Å². The molecule has 0 heterocycles. The molecule has 1 rings (SSSR count). The lowest BCUT2D eigenvalue weighted by Gasteiger charge is -2.12. The van der Waals surface area contributed by atoms with Gasteiger partial charge in [-0.15, -0.1) is 0 Å². The number of hydrogen-bond acceptors (Lipinski definition) is 2. The van der Waals surface area contributed by atoms with E-state index in [1.54, 1.807) is 24.3 Å². The minimum absolute atomic E-state index is 0.138. The number of carbonyl (C=O) groups is 1. The highest BCUT2D eigenvalue weighted by atomic mass is 16.2. The number of benzene rings is 1. The van der Waals surface area contributed by atoms with E-state index in [0.29, 0.717) is 11.3 Å². The van der Waals surface area contributed by atoms with Crippen LogP contribution in [0, 0.1) is 11.3 Å². The van der Waals surface area contributed by atoms with E-state index in [1.165, 1.54) is 0 Å². The molecule has 0 saturated heterocycles. The largest absolute Gasteiger partial charge is 0.335 e. The van der Waals surface area contributed by atoms with Gasteiger partial charge in [0, 0.05) is 11.7 Å². The standard InChI is InChI=1S/C12H15N3O/c1-3-9(2)14-12(16)15-11-6-4-5-10(7-11)8-13/h4-7,9H,3H2,1-2H3,(H2,14,15,16)/t9-/m0/s1. The van der Waals surface area contributed by atoms with E-state index in [0.717, 1.165) is 6.42 Å². The van der Waals surface area contributed by atoms with Gasteiger partial charge >= 0.3 is 6.03 Å². The van der Waals surface area contributed by atoms with E-state index in [-0.39, 0.29) is 12.1 Å². The summed E-state index contributed by atoms with van der Waals surface area (Å²) in [6, 6.07) is 8.72. The lowest BCUT2D eigenvalue weighted by atomic mass is 10.2. The van der Waals surface area contributed by atoms with Crippen LogP contribution in [0.1, 0.15) is 25.8 Å². The molecule has 0 aliphatic carbocycles. The molecule has 1 atom stereocenters. The predicted octanol–water partition coefficient (Wildman–Crippen LogP) is 2.48. The SMILES string of the molecule is CC[C@H](C)NC(=O)Nc1cccc(C#N)c1. The van der Waals surface area contributed by atoms with Crippen LogP contribution in [0.15, 0.2) is 24.3 Å². The normalized spacial score (nSPS) is 11.3. The first-order chi connectivity index (χ1) is 7.65. The highest BCUT2D eigenvalue weighted by molar-refractivity contribution is 5.89. The molecule has 0 radical (unpaired) electrons. The van der Waals surface area contributed by atoms with Crippen molar-refractivity contribution >= 4 is 11.7 Å². The first kappa shape index (κ1) is 12.1. The van der Waals surface area contributed by atoms with Crippen LogP contribution >= 0.6 is 0 Å². The third-order valence-corrected chi connectivity index (χ3v) is 2.24. The van der Waals surface area contributed by atoms with Gasteiger partial charge in [0.15, 0.2) is 0 Å². The van der Waals surface area contributed by atoms with Gasteiger partial charge in [0.05, 0.1) is 11.6 Å². The molecule has 0 bridgehead atoms. The molecule has 2 amide bonds. The van der Waals surface area contributed by atoms with Crippen molar-refractivity contribution in [2.75, 3.05) is 5.32 Å². The van der Waals surface area contributed by atoms with Gasteiger partial charge in [-0.25, -0.2) is 4.79 Å². The first-order valence-corrected chi connectivity index (χ1v) is 5.23. The van der Waals surface area contributed by atoms with Gasteiger partial charge in [-0.3, -0.25) is 0 Å². The number of rotatable bonds is 3. The Balaban J connectivity index is 2.60. The number of anilines is 1. The maximum atomic E-state index is 11.5. The Morgan fingerprint density at radius 1 is 1.56 bits per heavy atom. The molecule has 4 nitrogen and oxygen atoms in total. The monoisotopic (exact) mass is 217 g/mol. The molecule has 0 aliphatic heterocycles. The number of urea groups is 1. The van der Waals surface area contributed by atoms with Crippen LogP contribution in [0.25, 0.3) is 0 Å². The van der Waals surface area contributed by atoms with Crippen LogP contribution in [-0.2, 0) is 0 Å². The van der Waals surface area contributed by atoms with Crippen molar-refractivity contribution in [1.82, 2.24) is 5.32 Å². The Bertz CT molecular complexity index is 409. The van der Waals surface area contributed by atoms with E-state index >= 15 is 0 Å². The fourth-order valence-electron chi connectivity index (χ4n) is 1.16. The van der Waals surface area contributed by atoms with Crippen molar-refractivity contribution < 1.29 is 4.79 Å². The van der Waals surface area contributed by atoms with Crippen LogP contribution in [0.3, 0.4) is 0 Å². The summed E-state index contributed by atoms with van der Waals surface area (Å²) in [6.45, 7) is 3.94. The van der Waals surface area contributed by atoms with E-state index in [1.807, 2.05) is 19.9 Å². The predicted molar refractivity (Wildman–Crippen MR) is 63.1 cm³/mol. The molecule has 0 saturated carbocycles. The topological polar surface area (TPSA) is 64.9 Å². The van der Waals surface area contributed by atoms with Crippen LogP contribution in [0.5, 0.6) is 0 Å². The molecule has 0 aliphatic rings. The second-order valence-electron chi connectivity index (χ2n) is 3.60. The summed E-state index contributed by atoms with van der Waals surface area (Å²) < 4.78 is 0. The Morgan fingerprint density at radius 3 is 2.94 bits per heavy atom. The number of carbonyl (C=O) groups excluding carboxylic acids is 1. The Morgan fingerprint density at radius 2 is 2.31 bits per heavy atom. The van der Waals surface area contributed by atoms with Gasteiger partial charge in [0.2, 0.25) is 0 Å². The lowest BCUT2D eigenvalue weighted by molar-refractivity contribution is 0.249.